The van der Waals surface area contributed by atoms with E-state index < -0.39 is 0 Å². The van der Waals surface area contributed by atoms with E-state index in [1.54, 1.807) is 0 Å². The van der Waals surface area contributed by atoms with Crippen LogP contribution in [0.1, 0.15) is 50.2 Å². The number of nitrogens with one attached hydrogen (secondary N) is 2. The second-order valence-electron chi connectivity index (χ2n) is 8.74. The van der Waals surface area contributed by atoms with Crippen molar-refractivity contribution in [1.29, 1.82) is 0 Å². The minimum absolute atomic E-state index is 0.366. The minimum atomic E-state index is 0.366. The van der Waals surface area contributed by atoms with E-state index in [1.807, 2.05) is 0 Å². The summed E-state index contributed by atoms with van der Waals surface area (Å²) in [7, 11) is 0. The second kappa shape index (κ2) is 8.86. The molecule has 0 aliphatic carbocycles. The van der Waals surface area contributed by atoms with Gasteiger partial charge in [-0.3, -0.25) is 0 Å². The molecule has 2 aromatic heterocycles. The van der Waals surface area contributed by atoms with Gasteiger partial charge in [-0.1, -0.05) is 12.1 Å². The van der Waals surface area contributed by atoms with Gasteiger partial charge in [-0.2, -0.15) is 0 Å². The van der Waals surface area contributed by atoms with Crippen LogP contribution >= 0.6 is 0 Å². The Labute approximate surface area is 181 Å². The van der Waals surface area contributed by atoms with Gasteiger partial charge in [-0.15, -0.1) is 0 Å². The first kappa shape index (κ1) is 21.8. The van der Waals surface area contributed by atoms with Crippen LogP contribution in [0.3, 0.4) is 0 Å². The molecule has 0 aliphatic rings. The van der Waals surface area contributed by atoms with E-state index in [0.29, 0.717) is 12.1 Å². The fraction of sp³-hybridized carbons (Fsp3) is 0.385. The SMILES string of the molecule is Cc1cc(-c2ccc(NC(C)C)nc2C)c(C)cc1-c1ccc(NC(C)C)nc1C. The number of hydrogen-bond acceptors (Lipinski definition) is 4. The highest BCUT2D eigenvalue weighted by Gasteiger charge is 2.14. The van der Waals surface area contributed by atoms with E-state index in [-0.39, 0.29) is 0 Å². The lowest BCUT2D eigenvalue weighted by molar-refractivity contribution is 0.886. The van der Waals surface area contributed by atoms with E-state index in [1.165, 1.54) is 33.4 Å². The Kier molecular flexibility index (Phi) is 6.45. The van der Waals surface area contributed by atoms with Gasteiger partial charge in [0.2, 0.25) is 0 Å². The lowest BCUT2D eigenvalue weighted by atomic mass is 9.91. The van der Waals surface area contributed by atoms with Crippen molar-refractivity contribution >= 4 is 11.6 Å². The molecule has 158 valence electrons. The predicted octanol–water partition coefficient (Wildman–Crippen LogP) is 6.68. The fourth-order valence-electron chi connectivity index (χ4n) is 3.84. The molecule has 3 aromatic rings. The molecule has 0 radical (unpaired) electrons. The standard InChI is InChI=1S/C26H34N4/c1-15(2)27-25-11-9-21(19(7)29-25)23-13-18(6)24(14-17(23)5)22-10-12-26(28-16(3)4)30-20(22)8/h9-16H,1-8H3,(H,27,29)(H,28,30). The van der Waals surface area contributed by atoms with Crippen LogP contribution in [0.15, 0.2) is 36.4 Å². The maximum atomic E-state index is 4.76. The van der Waals surface area contributed by atoms with Gasteiger partial charge in [0.05, 0.1) is 0 Å². The highest BCUT2D eigenvalue weighted by Crippen LogP contribution is 2.34. The first-order chi connectivity index (χ1) is 14.2. The Bertz CT molecular complexity index is 966. The van der Waals surface area contributed by atoms with Crippen molar-refractivity contribution in [3.8, 4) is 22.3 Å². The molecule has 0 bridgehead atoms. The maximum absolute atomic E-state index is 4.76. The van der Waals surface area contributed by atoms with Gasteiger partial charge in [0.15, 0.2) is 0 Å². The molecular formula is C26H34N4. The molecule has 3 rings (SSSR count). The highest BCUT2D eigenvalue weighted by molar-refractivity contribution is 5.78. The number of rotatable bonds is 6. The van der Waals surface area contributed by atoms with Gasteiger partial charge < -0.3 is 10.6 Å². The number of pyridine rings is 2. The molecular weight excluding hydrogens is 368 g/mol. The lowest BCUT2D eigenvalue weighted by Crippen LogP contribution is -2.11. The Morgan fingerprint density at radius 2 is 0.933 bits per heavy atom. The van der Waals surface area contributed by atoms with Crippen LogP contribution in [0.4, 0.5) is 11.6 Å². The Balaban J connectivity index is 1.99. The quantitative estimate of drug-likeness (QED) is 0.482. The number of aromatic nitrogens is 2. The van der Waals surface area contributed by atoms with Gasteiger partial charge >= 0.3 is 0 Å². The third-order valence-electron chi connectivity index (χ3n) is 5.20. The van der Waals surface area contributed by atoms with E-state index >= 15 is 0 Å². The normalized spacial score (nSPS) is 11.3. The molecule has 0 fully saturated rings. The number of benzene rings is 1. The summed E-state index contributed by atoms with van der Waals surface area (Å²) in [4.78, 5) is 9.52. The van der Waals surface area contributed by atoms with Gasteiger partial charge in [-0.05, 0) is 102 Å². The molecule has 4 nitrogen and oxygen atoms in total. The molecule has 0 unspecified atom stereocenters. The summed E-state index contributed by atoms with van der Waals surface area (Å²) in [6.45, 7) is 17.0. The van der Waals surface area contributed by atoms with Crippen molar-refractivity contribution in [3.63, 3.8) is 0 Å². The topological polar surface area (TPSA) is 49.8 Å². The Morgan fingerprint density at radius 3 is 1.23 bits per heavy atom. The molecule has 0 atom stereocenters. The Hall–Kier alpha value is -2.88. The van der Waals surface area contributed by atoms with E-state index in [2.05, 4.69) is 102 Å². The maximum Gasteiger partial charge on any atom is 0.126 e. The van der Waals surface area contributed by atoms with Crippen LogP contribution in [0.25, 0.3) is 22.3 Å². The van der Waals surface area contributed by atoms with Crippen molar-refractivity contribution in [2.75, 3.05) is 10.6 Å². The molecule has 2 N–H and O–H groups in total. The van der Waals surface area contributed by atoms with E-state index in [0.717, 1.165) is 23.0 Å². The summed E-state index contributed by atoms with van der Waals surface area (Å²) >= 11 is 0. The van der Waals surface area contributed by atoms with Crippen LogP contribution < -0.4 is 10.6 Å². The largest absolute Gasteiger partial charge is 0.368 e. The predicted molar refractivity (Wildman–Crippen MR) is 129 cm³/mol. The molecule has 0 saturated heterocycles. The zero-order chi connectivity index (χ0) is 22.0. The number of hydrogen-bond donors (Lipinski definition) is 2. The van der Waals surface area contributed by atoms with Crippen molar-refractivity contribution < 1.29 is 0 Å². The Morgan fingerprint density at radius 1 is 0.567 bits per heavy atom. The van der Waals surface area contributed by atoms with Gasteiger partial charge in [0.1, 0.15) is 11.6 Å². The fourth-order valence-corrected chi connectivity index (χ4v) is 3.84. The number of nitrogens with zero attached hydrogens (tertiary/aromatic N) is 2. The zero-order valence-electron chi connectivity index (χ0n) is 19.5. The summed E-state index contributed by atoms with van der Waals surface area (Å²) in [5.41, 5.74) is 9.41. The first-order valence-corrected chi connectivity index (χ1v) is 10.8. The minimum Gasteiger partial charge on any atom is -0.368 e. The number of aryl methyl sites for hydroxylation is 4. The number of anilines is 2. The summed E-state index contributed by atoms with van der Waals surface area (Å²) < 4.78 is 0. The molecule has 30 heavy (non-hydrogen) atoms. The van der Waals surface area contributed by atoms with Gasteiger partial charge in [0.25, 0.3) is 0 Å². The van der Waals surface area contributed by atoms with Crippen LogP contribution in [-0.4, -0.2) is 22.1 Å². The average Bonchev–Trinajstić information content (AvgIpc) is 2.63. The van der Waals surface area contributed by atoms with E-state index in [4.69, 9.17) is 9.97 Å². The third kappa shape index (κ3) is 4.81. The smallest absolute Gasteiger partial charge is 0.126 e. The first-order valence-electron chi connectivity index (χ1n) is 10.8. The summed E-state index contributed by atoms with van der Waals surface area (Å²) in [5.74, 6) is 1.85. The zero-order valence-corrected chi connectivity index (χ0v) is 19.5. The van der Waals surface area contributed by atoms with Crippen LogP contribution in [0, 0.1) is 27.7 Å². The molecule has 0 aliphatic heterocycles. The van der Waals surface area contributed by atoms with Crippen molar-refractivity contribution in [2.24, 2.45) is 0 Å². The summed E-state index contributed by atoms with van der Waals surface area (Å²) in [5, 5.41) is 6.76. The van der Waals surface area contributed by atoms with Crippen LogP contribution in [0.5, 0.6) is 0 Å². The second-order valence-corrected chi connectivity index (χ2v) is 8.74. The molecule has 0 saturated carbocycles. The molecule has 2 heterocycles. The van der Waals surface area contributed by atoms with Gasteiger partial charge in [0, 0.05) is 34.6 Å². The molecule has 0 amide bonds. The van der Waals surface area contributed by atoms with Crippen molar-refractivity contribution in [2.45, 2.75) is 67.5 Å². The van der Waals surface area contributed by atoms with Crippen LogP contribution in [-0.2, 0) is 0 Å². The van der Waals surface area contributed by atoms with Crippen molar-refractivity contribution in [3.05, 3.63) is 58.9 Å². The summed E-state index contributed by atoms with van der Waals surface area (Å²) in [6, 6.07) is 13.8. The van der Waals surface area contributed by atoms with E-state index in [9.17, 15) is 0 Å². The third-order valence-corrected chi connectivity index (χ3v) is 5.20. The monoisotopic (exact) mass is 402 g/mol. The van der Waals surface area contributed by atoms with Gasteiger partial charge in [-0.25, -0.2) is 9.97 Å². The lowest BCUT2D eigenvalue weighted by Gasteiger charge is -2.17. The molecule has 1 aromatic carbocycles. The molecule has 0 spiro atoms. The summed E-state index contributed by atoms with van der Waals surface area (Å²) in [6.07, 6.45) is 0. The highest BCUT2D eigenvalue weighted by atomic mass is 15.0. The van der Waals surface area contributed by atoms with Crippen molar-refractivity contribution in [1.82, 2.24) is 9.97 Å². The molecule has 4 heteroatoms. The van der Waals surface area contributed by atoms with Crippen LogP contribution in [0.2, 0.25) is 0 Å². The average molecular weight is 403 g/mol.